The summed E-state index contributed by atoms with van der Waals surface area (Å²) in [5, 5.41) is 2.92. The monoisotopic (exact) mass is 235 g/mol. The Morgan fingerprint density at radius 2 is 1.82 bits per heavy atom. The van der Waals surface area contributed by atoms with E-state index in [-0.39, 0.29) is 11.4 Å². The summed E-state index contributed by atoms with van der Waals surface area (Å²) in [6, 6.07) is 7.22. The van der Waals surface area contributed by atoms with Crippen molar-refractivity contribution in [3.63, 3.8) is 0 Å². The zero-order chi connectivity index (χ0) is 12.9. The number of hydrogen-bond donors (Lipinski definition) is 1. The molecule has 0 spiro atoms. The largest absolute Gasteiger partial charge is 0.494 e. The maximum absolute atomic E-state index is 11.8. The number of carbonyl (C=O) groups is 1. The second kappa shape index (κ2) is 5.71. The molecule has 0 heterocycles. The molecule has 3 nitrogen and oxygen atoms in total. The van der Waals surface area contributed by atoms with Crippen LogP contribution in [0.3, 0.4) is 0 Å². The van der Waals surface area contributed by atoms with E-state index in [0.29, 0.717) is 12.2 Å². The molecule has 0 aliphatic rings. The molecule has 0 saturated heterocycles. The zero-order valence-corrected chi connectivity index (χ0v) is 11.0. The lowest BCUT2D eigenvalue weighted by Crippen LogP contribution is -2.40. The van der Waals surface area contributed by atoms with Gasteiger partial charge in [-0.2, -0.15) is 0 Å². The number of hydrogen-bond acceptors (Lipinski definition) is 2. The summed E-state index contributed by atoms with van der Waals surface area (Å²) in [5.41, 5.74) is 0.442. The van der Waals surface area contributed by atoms with Crippen LogP contribution in [0, 0.1) is 0 Å². The molecule has 1 aromatic rings. The smallest absolute Gasteiger partial charge is 0.251 e. The molecule has 0 aliphatic heterocycles. The minimum atomic E-state index is -0.214. The average molecular weight is 235 g/mol. The molecule has 1 rings (SSSR count). The molecule has 0 aromatic heterocycles. The highest BCUT2D eigenvalue weighted by Crippen LogP contribution is 2.13. The second-order valence-electron chi connectivity index (χ2n) is 5.08. The topological polar surface area (TPSA) is 38.3 Å². The van der Waals surface area contributed by atoms with Gasteiger partial charge in [-0.05, 0) is 51.5 Å². The van der Waals surface area contributed by atoms with Gasteiger partial charge in [0.05, 0.1) is 6.61 Å². The average Bonchev–Trinajstić information content (AvgIpc) is 2.24. The van der Waals surface area contributed by atoms with E-state index in [1.165, 1.54) is 0 Å². The molecule has 1 amide bonds. The maximum Gasteiger partial charge on any atom is 0.251 e. The molecule has 0 unspecified atom stereocenters. The summed E-state index contributed by atoms with van der Waals surface area (Å²) in [5.74, 6) is 0.749. The van der Waals surface area contributed by atoms with Crippen LogP contribution < -0.4 is 10.1 Å². The normalized spacial score (nSPS) is 11.1. The Kier molecular flexibility index (Phi) is 4.55. The van der Waals surface area contributed by atoms with Gasteiger partial charge in [-0.25, -0.2) is 0 Å². The fourth-order valence-electron chi connectivity index (χ4n) is 1.34. The predicted octanol–water partition coefficient (Wildman–Crippen LogP) is 3.00. The molecule has 0 atom stereocenters. The third-order valence-corrected chi connectivity index (χ3v) is 2.08. The van der Waals surface area contributed by atoms with Crippen LogP contribution >= 0.6 is 0 Å². The van der Waals surface area contributed by atoms with Crippen molar-refractivity contribution in [2.75, 3.05) is 6.61 Å². The molecular formula is C14H21NO2. The first-order chi connectivity index (χ1) is 7.92. The fourth-order valence-corrected chi connectivity index (χ4v) is 1.34. The summed E-state index contributed by atoms with van der Waals surface area (Å²) < 4.78 is 5.46. The SMILES string of the molecule is CCCOc1ccc(C(=O)NC(C)(C)C)cc1. The zero-order valence-electron chi connectivity index (χ0n) is 11.0. The minimum Gasteiger partial charge on any atom is -0.494 e. The Morgan fingerprint density at radius 3 is 2.29 bits per heavy atom. The molecule has 0 aliphatic carbocycles. The van der Waals surface area contributed by atoms with E-state index < -0.39 is 0 Å². The molecule has 0 saturated carbocycles. The fraction of sp³-hybridized carbons (Fsp3) is 0.500. The number of amides is 1. The molecule has 0 radical (unpaired) electrons. The highest BCUT2D eigenvalue weighted by atomic mass is 16.5. The van der Waals surface area contributed by atoms with Crippen molar-refractivity contribution in [1.29, 1.82) is 0 Å². The van der Waals surface area contributed by atoms with Crippen LogP contribution in [0.5, 0.6) is 5.75 Å². The molecule has 0 bridgehead atoms. The van der Waals surface area contributed by atoms with Crippen molar-refractivity contribution in [1.82, 2.24) is 5.32 Å². The van der Waals surface area contributed by atoms with Gasteiger partial charge in [-0.1, -0.05) is 6.92 Å². The Balaban J connectivity index is 2.64. The molecule has 17 heavy (non-hydrogen) atoms. The van der Waals surface area contributed by atoms with Gasteiger partial charge in [-0.3, -0.25) is 4.79 Å². The van der Waals surface area contributed by atoms with Gasteiger partial charge in [-0.15, -0.1) is 0 Å². The van der Waals surface area contributed by atoms with Crippen molar-refractivity contribution in [2.24, 2.45) is 0 Å². The van der Waals surface area contributed by atoms with Gasteiger partial charge in [0.2, 0.25) is 0 Å². The highest BCUT2D eigenvalue weighted by Gasteiger charge is 2.14. The van der Waals surface area contributed by atoms with Gasteiger partial charge >= 0.3 is 0 Å². The summed E-state index contributed by atoms with van der Waals surface area (Å²) in [4.78, 5) is 11.8. The third-order valence-electron chi connectivity index (χ3n) is 2.08. The summed E-state index contributed by atoms with van der Waals surface area (Å²) >= 11 is 0. The highest BCUT2D eigenvalue weighted by molar-refractivity contribution is 5.94. The third kappa shape index (κ3) is 4.89. The van der Waals surface area contributed by atoms with E-state index in [9.17, 15) is 4.79 Å². The predicted molar refractivity (Wildman–Crippen MR) is 69.4 cm³/mol. The summed E-state index contributed by atoms with van der Waals surface area (Å²) in [6.07, 6.45) is 0.978. The van der Waals surface area contributed by atoms with Crippen LogP contribution in [0.2, 0.25) is 0 Å². The summed E-state index contributed by atoms with van der Waals surface area (Å²) in [7, 11) is 0. The molecule has 0 fully saturated rings. The molecule has 3 heteroatoms. The number of carbonyl (C=O) groups excluding carboxylic acids is 1. The number of nitrogens with one attached hydrogen (secondary N) is 1. The lowest BCUT2D eigenvalue weighted by atomic mass is 10.1. The Labute approximate surface area is 103 Å². The standard InChI is InChI=1S/C14H21NO2/c1-5-10-17-12-8-6-11(7-9-12)13(16)15-14(2,3)4/h6-9H,5,10H2,1-4H3,(H,15,16). The maximum atomic E-state index is 11.8. The molecular weight excluding hydrogens is 214 g/mol. The van der Waals surface area contributed by atoms with Crippen molar-refractivity contribution >= 4 is 5.91 Å². The summed E-state index contributed by atoms with van der Waals surface area (Å²) in [6.45, 7) is 8.65. The molecule has 1 N–H and O–H groups in total. The van der Waals surface area contributed by atoms with Crippen LogP contribution in [0.25, 0.3) is 0 Å². The minimum absolute atomic E-state index is 0.0560. The first-order valence-corrected chi connectivity index (χ1v) is 5.98. The molecule has 94 valence electrons. The van der Waals surface area contributed by atoms with Gasteiger partial charge in [0, 0.05) is 11.1 Å². The van der Waals surface area contributed by atoms with Crippen LogP contribution in [0.15, 0.2) is 24.3 Å². The lowest BCUT2D eigenvalue weighted by Gasteiger charge is -2.20. The Bertz CT molecular complexity index is 363. The van der Waals surface area contributed by atoms with E-state index in [1.807, 2.05) is 32.9 Å². The van der Waals surface area contributed by atoms with E-state index in [0.717, 1.165) is 12.2 Å². The van der Waals surface area contributed by atoms with E-state index >= 15 is 0 Å². The van der Waals surface area contributed by atoms with E-state index in [1.54, 1.807) is 12.1 Å². The second-order valence-corrected chi connectivity index (χ2v) is 5.08. The van der Waals surface area contributed by atoms with Crippen LogP contribution in [-0.2, 0) is 0 Å². The van der Waals surface area contributed by atoms with Crippen molar-refractivity contribution in [3.05, 3.63) is 29.8 Å². The van der Waals surface area contributed by atoms with E-state index in [2.05, 4.69) is 12.2 Å². The Hall–Kier alpha value is -1.51. The van der Waals surface area contributed by atoms with Crippen LogP contribution in [0.1, 0.15) is 44.5 Å². The Morgan fingerprint density at radius 1 is 1.24 bits per heavy atom. The van der Waals surface area contributed by atoms with Crippen molar-refractivity contribution < 1.29 is 9.53 Å². The van der Waals surface area contributed by atoms with Crippen molar-refractivity contribution in [2.45, 2.75) is 39.7 Å². The lowest BCUT2D eigenvalue weighted by molar-refractivity contribution is 0.0919. The van der Waals surface area contributed by atoms with Crippen LogP contribution in [-0.4, -0.2) is 18.1 Å². The molecule has 1 aromatic carbocycles. The van der Waals surface area contributed by atoms with Crippen LogP contribution in [0.4, 0.5) is 0 Å². The number of rotatable bonds is 4. The number of ether oxygens (including phenoxy) is 1. The van der Waals surface area contributed by atoms with Gasteiger partial charge in [0.25, 0.3) is 5.91 Å². The van der Waals surface area contributed by atoms with E-state index in [4.69, 9.17) is 4.74 Å². The number of benzene rings is 1. The first kappa shape index (κ1) is 13.6. The van der Waals surface area contributed by atoms with Gasteiger partial charge < -0.3 is 10.1 Å². The quantitative estimate of drug-likeness (QED) is 0.871. The van der Waals surface area contributed by atoms with Gasteiger partial charge in [0.15, 0.2) is 0 Å². The first-order valence-electron chi connectivity index (χ1n) is 5.98. The van der Waals surface area contributed by atoms with Crippen molar-refractivity contribution in [3.8, 4) is 5.75 Å². The van der Waals surface area contributed by atoms with Gasteiger partial charge in [0.1, 0.15) is 5.75 Å².